The number of anilines is 1. The number of rotatable bonds is 4. The van der Waals surface area contributed by atoms with Crippen LogP contribution in [0.2, 0.25) is 0 Å². The number of nitrogen functional groups attached to an aromatic ring is 1. The molecule has 1 aromatic carbocycles. The van der Waals surface area contributed by atoms with Gasteiger partial charge in [-0.3, -0.25) is 0 Å². The standard InChI is InChI=1S/C16H23N3/c1-5-6-9-19-13(4)18-15(16(19)17)14-8-7-11(2)10-12(14)3/h7-8,10H,5-6,9,17H2,1-4H3. The Morgan fingerprint density at radius 2 is 1.95 bits per heavy atom. The second kappa shape index (κ2) is 5.47. The molecule has 1 aromatic heterocycles. The van der Waals surface area contributed by atoms with Crippen molar-refractivity contribution < 1.29 is 0 Å². The summed E-state index contributed by atoms with van der Waals surface area (Å²) in [4.78, 5) is 4.66. The summed E-state index contributed by atoms with van der Waals surface area (Å²) in [5.41, 5.74) is 10.8. The van der Waals surface area contributed by atoms with Gasteiger partial charge in [0.25, 0.3) is 0 Å². The number of hydrogen-bond acceptors (Lipinski definition) is 2. The van der Waals surface area contributed by atoms with E-state index in [0.717, 1.165) is 42.3 Å². The van der Waals surface area contributed by atoms with Crippen molar-refractivity contribution >= 4 is 5.82 Å². The Hall–Kier alpha value is -1.77. The van der Waals surface area contributed by atoms with E-state index in [0.29, 0.717) is 0 Å². The van der Waals surface area contributed by atoms with Crippen LogP contribution < -0.4 is 5.73 Å². The van der Waals surface area contributed by atoms with Gasteiger partial charge in [-0.15, -0.1) is 0 Å². The first-order valence-corrected chi connectivity index (χ1v) is 6.94. The molecule has 0 saturated carbocycles. The lowest BCUT2D eigenvalue weighted by Crippen LogP contribution is -2.05. The smallest absolute Gasteiger partial charge is 0.131 e. The molecular formula is C16H23N3. The highest BCUT2D eigenvalue weighted by molar-refractivity contribution is 5.73. The fourth-order valence-corrected chi connectivity index (χ4v) is 2.46. The maximum Gasteiger partial charge on any atom is 0.131 e. The molecule has 3 heteroatoms. The Morgan fingerprint density at radius 1 is 1.21 bits per heavy atom. The van der Waals surface area contributed by atoms with Crippen molar-refractivity contribution in [1.82, 2.24) is 9.55 Å². The lowest BCUT2D eigenvalue weighted by molar-refractivity contribution is 0.622. The normalized spacial score (nSPS) is 10.9. The summed E-state index contributed by atoms with van der Waals surface area (Å²) >= 11 is 0. The number of unbranched alkanes of at least 4 members (excludes halogenated alkanes) is 1. The summed E-state index contributed by atoms with van der Waals surface area (Å²) in [6.45, 7) is 9.38. The maximum absolute atomic E-state index is 6.28. The van der Waals surface area contributed by atoms with Crippen LogP contribution in [0.1, 0.15) is 36.7 Å². The minimum absolute atomic E-state index is 0.790. The average molecular weight is 257 g/mol. The summed E-state index contributed by atoms with van der Waals surface area (Å²) in [5, 5.41) is 0. The number of hydrogen-bond donors (Lipinski definition) is 1. The van der Waals surface area contributed by atoms with Gasteiger partial charge in [-0.05, 0) is 32.8 Å². The highest BCUT2D eigenvalue weighted by Crippen LogP contribution is 2.29. The quantitative estimate of drug-likeness (QED) is 0.904. The molecule has 0 unspecified atom stereocenters. The van der Waals surface area contributed by atoms with Crippen LogP contribution in [-0.2, 0) is 6.54 Å². The molecule has 2 aromatic rings. The Bertz CT molecular complexity index is 582. The molecule has 0 aliphatic carbocycles. The molecule has 0 spiro atoms. The third-order valence-corrected chi connectivity index (χ3v) is 3.57. The van der Waals surface area contributed by atoms with Crippen LogP contribution in [0.4, 0.5) is 5.82 Å². The molecule has 0 saturated heterocycles. The number of imidazole rings is 1. The molecule has 19 heavy (non-hydrogen) atoms. The lowest BCUT2D eigenvalue weighted by Gasteiger charge is -2.08. The Balaban J connectivity index is 2.45. The number of nitrogens with two attached hydrogens (primary N) is 1. The van der Waals surface area contributed by atoms with Crippen molar-refractivity contribution in [3.63, 3.8) is 0 Å². The van der Waals surface area contributed by atoms with E-state index in [1.54, 1.807) is 0 Å². The van der Waals surface area contributed by atoms with Gasteiger partial charge in [0, 0.05) is 12.1 Å². The van der Waals surface area contributed by atoms with Gasteiger partial charge in [0.2, 0.25) is 0 Å². The van der Waals surface area contributed by atoms with Gasteiger partial charge in [-0.2, -0.15) is 0 Å². The molecule has 0 aliphatic rings. The van der Waals surface area contributed by atoms with Crippen molar-refractivity contribution in [2.24, 2.45) is 0 Å². The topological polar surface area (TPSA) is 43.8 Å². The van der Waals surface area contributed by atoms with Crippen LogP contribution in [0, 0.1) is 20.8 Å². The molecule has 3 nitrogen and oxygen atoms in total. The Labute approximate surface area is 115 Å². The summed E-state index contributed by atoms with van der Waals surface area (Å²) in [7, 11) is 0. The largest absolute Gasteiger partial charge is 0.383 e. The summed E-state index contributed by atoms with van der Waals surface area (Å²) < 4.78 is 2.12. The monoisotopic (exact) mass is 257 g/mol. The zero-order valence-corrected chi connectivity index (χ0v) is 12.3. The molecular weight excluding hydrogens is 234 g/mol. The van der Waals surface area contributed by atoms with Gasteiger partial charge in [-0.1, -0.05) is 37.1 Å². The summed E-state index contributed by atoms with van der Waals surface area (Å²) in [6, 6.07) is 6.41. The highest BCUT2D eigenvalue weighted by Gasteiger charge is 2.14. The van der Waals surface area contributed by atoms with Crippen molar-refractivity contribution in [1.29, 1.82) is 0 Å². The number of nitrogens with zero attached hydrogens (tertiary/aromatic N) is 2. The van der Waals surface area contributed by atoms with E-state index < -0.39 is 0 Å². The SMILES string of the molecule is CCCCn1c(C)nc(-c2ccc(C)cc2C)c1N. The van der Waals surface area contributed by atoms with Crippen LogP contribution >= 0.6 is 0 Å². The van der Waals surface area contributed by atoms with E-state index in [4.69, 9.17) is 5.73 Å². The van der Waals surface area contributed by atoms with Crippen molar-refractivity contribution in [3.05, 3.63) is 35.2 Å². The Kier molecular flexibility index (Phi) is 3.93. The fraction of sp³-hybridized carbons (Fsp3) is 0.438. The van der Waals surface area contributed by atoms with Gasteiger partial charge in [0.1, 0.15) is 17.3 Å². The van der Waals surface area contributed by atoms with Gasteiger partial charge in [0.15, 0.2) is 0 Å². The molecule has 2 N–H and O–H groups in total. The van der Waals surface area contributed by atoms with Gasteiger partial charge >= 0.3 is 0 Å². The van der Waals surface area contributed by atoms with Gasteiger partial charge in [-0.25, -0.2) is 4.98 Å². The molecule has 0 bridgehead atoms. The van der Waals surface area contributed by atoms with Crippen LogP contribution in [0.25, 0.3) is 11.3 Å². The maximum atomic E-state index is 6.28. The third kappa shape index (κ3) is 2.65. The van der Waals surface area contributed by atoms with E-state index in [-0.39, 0.29) is 0 Å². The van der Waals surface area contributed by atoms with Crippen LogP contribution in [0.3, 0.4) is 0 Å². The third-order valence-electron chi connectivity index (χ3n) is 3.57. The van der Waals surface area contributed by atoms with Gasteiger partial charge in [0.05, 0.1) is 0 Å². The molecule has 0 atom stereocenters. The average Bonchev–Trinajstić information content (AvgIpc) is 2.63. The number of aryl methyl sites for hydroxylation is 3. The first kappa shape index (κ1) is 13.7. The molecule has 1 heterocycles. The summed E-state index contributed by atoms with van der Waals surface area (Å²) in [6.07, 6.45) is 2.30. The molecule has 2 rings (SSSR count). The van der Waals surface area contributed by atoms with Crippen molar-refractivity contribution in [2.75, 3.05) is 5.73 Å². The molecule has 0 radical (unpaired) electrons. The lowest BCUT2D eigenvalue weighted by atomic mass is 10.0. The van der Waals surface area contributed by atoms with E-state index in [1.165, 1.54) is 11.1 Å². The molecule has 0 aliphatic heterocycles. The molecule has 0 fully saturated rings. The first-order valence-electron chi connectivity index (χ1n) is 6.94. The predicted octanol–water partition coefficient (Wildman–Crippen LogP) is 3.86. The predicted molar refractivity (Wildman–Crippen MR) is 81.2 cm³/mol. The molecule has 0 amide bonds. The van der Waals surface area contributed by atoms with E-state index in [2.05, 4.69) is 48.5 Å². The van der Waals surface area contributed by atoms with E-state index in [1.807, 2.05) is 6.92 Å². The minimum Gasteiger partial charge on any atom is -0.383 e. The van der Waals surface area contributed by atoms with E-state index >= 15 is 0 Å². The second-order valence-electron chi connectivity index (χ2n) is 5.22. The van der Waals surface area contributed by atoms with Crippen LogP contribution in [0.15, 0.2) is 18.2 Å². The zero-order chi connectivity index (χ0) is 14.0. The zero-order valence-electron chi connectivity index (χ0n) is 12.3. The van der Waals surface area contributed by atoms with Crippen LogP contribution in [0.5, 0.6) is 0 Å². The van der Waals surface area contributed by atoms with E-state index in [9.17, 15) is 0 Å². The summed E-state index contributed by atoms with van der Waals surface area (Å²) in [5.74, 6) is 1.79. The fourth-order valence-electron chi connectivity index (χ4n) is 2.46. The van der Waals surface area contributed by atoms with Gasteiger partial charge < -0.3 is 10.3 Å². The molecule has 102 valence electrons. The van der Waals surface area contributed by atoms with Crippen molar-refractivity contribution in [3.8, 4) is 11.3 Å². The van der Waals surface area contributed by atoms with Crippen molar-refractivity contribution in [2.45, 2.75) is 47.1 Å². The number of benzene rings is 1. The number of aromatic nitrogens is 2. The van der Waals surface area contributed by atoms with Crippen LogP contribution in [-0.4, -0.2) is 9.55 Å². The second-order valence-corrected chi connectivity index (χ2v) is 5.22. The Morgan fingerprint density at radius 3 is 2.58 bits per heavy atom. The minimum atomic E-state index is 0.790. The first-order chi connectivity index (χ1) is 9.04. The highest BCUT2D eigenvalue weighted by atomic mass is 15.1.